The maximum absolute atomic E-state index is 12.4. The van der Waals surface area contributed by atoms with Crippen LogP contribution in [0, 0.1) is 0 Å². The van der Waals surface area contributed by atoms with Crippen LogP contribution in [-0.2, 0) is 16.0 Å². The Morgan fingerprint density at radius 3 is 2.39 bits per heavy atom. The summed E-state index contributed by atoms with van der Waals surface area (Å²) in [5.41, 5.74) is 6.18. The summed E-state index contributed by atoms with van der Waals surface area (Å²) in [5, 5.41) is 13.6. The molecule has 28 heavy (non-hydrogen) atoms. The zero-order chi connectivity index (χ0) is 20.6. The Balaban J connectivity index is 1.95. The van der Waals surface area contributed by atoms with Crippen molar-refractivity contribution in [2.75, 3.05) is 5.73 Å². The molecule has 1 unspecified atom stereocenters. The second-order valence-corrected chi connectivity index (χ2v) is 6.24. The molecule has 3 rings (SSSR count). The van der Waals surface area contributed by atoms with Gasteiger partial charge in [0.1, 0.15) is 11.9 Å². The molecule has 5 N–H and O–H groups in total. The molecule has 1 atom stereocenters. The van der Waals surface area contributed by atoms with Crippen LogP contribution in [0.4, 0.5) is 5.82 Å². The molecule has 3 amide bonds. The van der Waals surface area contributed by atoms with Crippen LogP contribution in [0.1, 0.15) is 33.2 Å². The third kappa shape index (κ3) is 3.34. The maximum atomic E-state index is 12.4. The number of hydrogen-bond donors (Lipinski definition) is 4. The third-order valence-corrected chi connectivity index (χ3v) is 4.26. The lowest BCUT2D eigenvalue weighted by atomic mass is 10.1. The van der Waals surface area contributed by atoms with E-state index in [2.05, 4.69) is 10.6 Å². The van der Waals surface area contributed by atoms with Gasteiger partial charge in [-0.3, -0.25) is 29.1 Å². The number of anilines is 1. The first-order valence-electron chi connectivity index (χ1n) is 8.19. The minimum Gasteiger partial charge on any atom is -0.480 e. The molecule has 10 heteroatoms. The van der Waals surface area contributed by atoms with Gasteiger partial charge in [-0.25, -0.2) is 4.79 Å². The highest BCUT2D eigenvalue weighted by Gasteiger charge is 2.31. The summed E-state index contributed by atoms with van der Waals surface area (Å²) in [6.07, 6.45) is 0.0423. The molecule has 1 aliphatic rings. The summed E-state index contributed by atoms with van der Waals surface area (Å²) in [7, 11) is 0. The molecule has 2 heterocycles. The Morgan fingerprint density at radius 2 is 1.82 bits per heavy atom. The molecule has 0 saturated carbocycles. The monoisotopic (exact) mass is 384 g/mol. The number of nitrogens with one attached hydrogen (secondary N) is 2. The molecule has 0 bridgehead atoms. The quantitative estimate of drug-likeness (QED) is 0.502. The van der Waals surface area contributed by atoms with Crippen LogP contribution in [0.5, 0.6) is 0 Å². The van der Waals surface area contributed by atoms with Crippen molar-refractivity contribution >= 4 is 29.5 Å². The molecule has 0 aliphatic carbocycles. The van der Waals surface area contributed by atoms with E-state index in [1.165, 1.54) is 19.1 Å². The van der Waals surface area contributed by atoms with E-state index in [1.54, 1.807) is 12.1 Å². The summed E-state index contributed by atoms with van der Waals surface area (Å²) in [5.74, 6) is -3.16. The Hall–Kier alpha value is -3.95. The Bertz CT molecular complexity index is 1070. The Kier molecular flexibility index (Phi) is 4.70. The fraction of sp³-hybridized carbons (Fsp3) is 0.167. The minimum absolute atomic E-state index is 0.0423. The number of carbonyl (C=O) groups is 4. The number of aliphatic carboxylic acids is 1. The molecular formula is C18H16N4O6. The van der Waals surface area contributed by atoms with Crippen molar-refractivity contribution < 1.29 is 24.3 Å². The summed E-state index contributed by atoms with van der Waals surface area (Å²) >= 11 is 0. The first kappa shape index (κ1) is 18.8. The minimum atomic E-state index is -1.17. The number of fused-ring (bicyclic) bond motifs is 1. The molecule has 144 valence electrons. The zero-order valence-corrected chi connectivity index (χ0v) is 14.7. The van der Waals surface area contributed by atoms with Crippen LogP contribution in [0.2, 0.25) is 0 Å². The molecular weight excluding hydrogens is 368 g/mol. The first-order chi connectivity index (χ1) is 13.2. The van der Waals surface area contributed by atoms with Crippen LogP contribution >= 0.6 is 0 Å². The average molecular weight is 384 g/mol. The number of nitrogens with zero attached hydrogens (tertiary/aromatic N) is 1. The van der Waals surface area contributed by atoms with E-state index in [0.717, 1.165) is 10.6 Å². The summed E-state index contributed by atoms with van der Waals surface area (Å²) < 4.78 is 1.09. The predicted molar refractivity (Wildman–Crippen MR) is 97.2 cm³/mol. The number of carboxylic acids is 1. The number of benzene rings is 1. The summed E-state index contributed by atoms with van der Waals surface area (Å²) in [6, 6.07) is 6.17. The highest BCUT2D eigenvalue weighted by molar-refractivity contribution is 6.23. The molecule has 0 saturated heterocycles. The fourth-order valence-corrected chi connectivity index (χ4v) is 3.01. The lowest BCUT2D eigenvalue weighted by molar-refractivity contribution is -0.141. The van der Waals surface area contributed by atoms with E-state index >= 15 is 0 Å². The van der Waals surface area contributed by atoms with Crippen molar-refractivity contribution in [3.05, 3.63) is 57.4 Å². The first-order valence-corrected chi connectivity index (χ1v) is 8.19. The molecule has 0 fully saturated rings. The highest BCUT2D eigenvalue weighted by atomic mass is 16.4. The van der Waals surface area contributed by atoms with Gasteiger partial charge in [-0.1, -0.05) is 12.1 Å². The van der Waals surface area contributed by atoms with E-state index in [0.29, 0.717) is 11.3 Å². The van der Waals surface area contributed by atoms with Gasteiger partial charge in [0.05, 0.1) is 16.8 Å². The van der Waals surface area contributed by atoms with Gasteiger partial charge in [0.2, 0.25) is 5.91 Å². The van der Waals surface area contributed by atoms with E-state index in [4.69, 9.17) is 5.73 Å². The number of pyridine rings is 1. The van der Waals surface area contributed by atoms with Crippen LogP contribution in [0.25, 0.3) is 5.69 Å². The van der Waals surface area contributed by atoms with Gasteiger partial charge >= 0.3 is 5.97 Å². The zero-order valence-electron chi connectivity index (χ0n) is 14.7. The average Bonchev–Trinajstić information content (AvgIpc) is 2.89. The largest absolute Gasteiger partial charge is 0.480 e. The Labute approximate surface area is 158 Å². The van der Waals surface area contributed by atoms with E-state index in [1.807, 2.05) is 0 Å². The van der Waals surface area contributed by atoms with Crippen molar-refractivity contribution in [1.82, 2.24) is 15.2 Å². The molecule has 1 aromatic heterocycles. The number of amides is 3. The second kappa shape index (κ2) is 6.99. The third-order valence-electron chi connectivity index (χ3n) is 4.26. The molecule has 1 aromatic carbocycles. The lowest BCUT2D eigenvalue weighted by Gasteiger charge is -2.15. The van der Waals surface area contributed by atoms with E-state index < -0.39 is 35.3 Å². The van der Waals surface area contributed by atoms with Gasteiger partial charge < -0.3 is 16.2 Å². The highest BCUT2D eigenvalue weighted by Crippen LogP contribution is 2.23. The van der Waals surface area contributed by atoms with Crippen LogP contribution in [0.3, 0.4) is 0 Å². The number of aromatic nitrogens is 1. The predicted octanol–water partition coefficient (Wildman–Crippen LogP) is -0.565. The second-order valence-electron chi connectivity index (χ2n) is 6.24. The fourth-order valence-electron chi connectivity index (χ4n) is 3.01. The van der Waals surface area contributed by atoms with Gasteiger partial charge in [-0.2, -0.15) is 0 Å². The maximum Gasteiger partial charge on any atom is 0.326 e. The van der Waals surface area contributed by atoms with Crippen LogP contribution < -0.4 is 21.9 Å². The van der Waals surface area contributed by atoms with Crippen molar-refractivity contribution in [3.63, 3.8) is 0 Å². The van der Waals surface area contributed by atoms with Gasteiger partial charge in [-0.15, -0.1) is 0 Å². The lowest BCUT2D eigenvalue weighted by Crippen LogP contribution is -2.41. The van der Waals surface area contributed by atoms with Crippen molar-refractivity contribution in [2.24, 2.45) is 0 Å². The van der Waals surface area contributed by atoms with Crippen molar-refractivity contribution in [2.45, 2.75) is 19.4 Å². The van der Waals surface area contributed by atoms with Crippen molar-refractivity contribution in [3.8, 4) is 5.69 Å². The number of carboxylic acid groups (broad SMARTS) is 1. The standard InChI is InChI=1S/C18H16N4O6/c1-8(23)20-12(18(27)28)6-9-2-4-10(5-3-9)22-13(24)7-11-14(15(22)19)17(26)21-16(11)25/h2-5,7,12H,6,19H2,1H3,(H,20,23)(H,27,28)(H,21,25,26). The Morgan fingerprint density at radius 1 is 1.18 bits per heavy atom. The van der Waals surface area contributed by atoms with Gasteiger partial charge in [-0.05, 0) is 17.7 Å². The van der Waals surface area contributed by atoms with E-state index in [-0.39, 0.29) is 23.4 Å². The number of imide groups is 1. The van der Waals surface area contributed by atoms with E-state index in [9.17, 15) is 29.1 Å². The summed E-state index contributed by atoms with van der Waals surface area (Å²) in [6.45, 7) is 1.23. The molecule has 0 spiro atoms. The number of hydrogen-bond acceptors (Lipinski definition) is 6. The SMILES string of the molecule is CC(=O)NC(Cc1ccc(-n2c(N)c3c(cc2=O)C(=O)NC3=O)cc1)C(=O)O. The number of carbonyl (C=O) groups excluding carboxylic acids is 3. The van der Waals surface area contributed by atoms with Crippen LogP contribution in [0.15, 0.2) is 35.1 Å². The normalized spacial score (nSPS) is 13.6. The summed E-state index contributed by atoms with van der Waals surface area (Å²) in [4.78, 5) is 58.4. The van der Waals surface area contributed by atoms with Gasteiger partial charge in [0, 0.05) is 19.4 Å². The number of nitrogens with two attached hydrogens (primary N) is 1. The number of rotatable bonds is 5. The molecule has 0 radical (unpaired) electrons. The van der Waals surface area contributed by atoms with Crippen LogP contribution in [-0.4, -0.2) is 39.4 Å². The topological polar surface area (TPSA) is 161 Å². The smallest absolute Gasteiger partial charge is 0.326 e. The van der Waals surface area contributed by atoms with Gasteiger partial charge in [0.25, 0.3) is 17.4 Å². The van der Waals surface area contributed by atoms with Gasteiger partial charge in [0.15, 0.2) is 0 Å². The molecule has 10 nitrogen and oxygen atoms in total. The molecule has 2 aromatic rings. The van der Waals surface area contributed by atoms with Crippen molar-refractivity contribution in [1.29, 1.82) is 0 Å². The number of nitrogen functional groups attached to an aromatic ring is 1. The molecule has 1 aliphatic heterocycles.